The molecule has 0 spiro atoms. The Kier molecular flexibility index (Phi) is 4.58. The van der Waals surface area contributed by atoms with Gasteiger partial charge in [0.1, 0.15) is 12.2 Å². The molecular formula is C14H26N4O. The van der Waals surface area contributed by atoms with Gasteiger partial charge in [0.15, 0.2) is 0 Å². The maximum absolute atomic E-state index is 10.4. The van der Waals surface area contributed by atoms with E-state index in [2.05, 4.69) is 23.9 Å². The molecule has 1 aliphatic rings. The minimum absolute atomic E-state index is 0.208. The van der Waals surface area contributed by atoms with Crippen molar-refractivity contribution >= 4 is 0 Å². The lowest BCUT2D eigenvalue weighted by molar-refractivity contribution is -0.00779. The molecule has 0 amide bonds. The molecule has 0 bridgehead atoms. The molecule has 5 nitrogen and oxygen atoms in total. The Morgan fingerprint density at radius 1 is 1.53 bits per heavy atom. The molecular weight excluding hydrogens is 240 g/mol. The van der Waals surface area contributed by atoms with Crippen molar-refractivity contribution in [1.82, 2.24) is 14.8 Å². The van der Waals surface area contributed by atoms with E-state index in [4.69, 9.17) is 5.73 Å². The van der Waals surface area contributed by atoms with Crippen molar-refractivity contribution in [2.45, 2.75) is 58.6 Å². The Hall–Kier alpha value is -0.940. The Bertz CT molecular complexity index is 404. The molecule has 2 unspecified atom stereocenters. The van der Waals surface area contributed by atoms with Crippen LogP contribution >= 0.6 is 0 Å². The highest BCUT2D eigenvalue weighted by Gasteiger charge is 2.39. The number of aliphatic hydroxyl groups is 1. The van der Waals surface area contributed by atoms with Crippen LogP contribution in [0.25, 0.3) is 0 Å². The Morgan fingerprint density at radius 2 is 2.32 bits per heavy atom. The zero-order valence-corrected chi connectivity index (χ0v) is 12.0. The predicted molar refractivity (Wildman–Crippen MR) is 74.5 cm³/mol. The average molecular weight is 266 g/mol. The van der Waals surface area contributed by atoms with E-state index < -0.39 is 0 Å². The molecule has 1 heterocycles. The van der Waals surface area contributed by atoms with E-state index in [1.165, 1.54) is 0 Å². The Morgan fingerprint density at radius 3 is 2.95 bits per heavy atom. The zero-order valence-electron chi connectivity index (χ0n) is 12.0. The van der Waals surface area contributed by atoms with Gasteiger partial charge in [-0.1, -0.05) is 26.7 Å². The number of rotatable bonds is 5. The zero-order chi connectivity index (χ0) is 13.9. The SMILES string of the molecule is CC(C)Cn1ncnc1CC1(CN)CCCCC1O. The van der Waals surface area contributed by atoms with Gasteiger partial charge in [-0.05, 0) is 18.8 Å². The second kappa shape index (κ2) is 6.01. The maximum Gasteiger partial charge on any atom is 0.138 e. The maximum atomic E-state index is 10.4. The van der Waals surface area contributed by atoms with Gasteiger partial charge < -0.3 is 10.8 Å². The summed E-state index contributed by atoms with van der Waals surface area (Å²) in [5.74, 6) is 1.49. The Labute approximate surface area is 115 Å². The van der Waals surface area contributed by atoms with Gasteiger partial charge in [-0.15, -0.1) is 0 Å². The molecule has 108 valence electrons. The lowest BCUT2D eigenvalue weighted by atomic mass is 9.69. The van der Waals surface area contributed by atoms with Crippen LogP contribution in [0.15, 0.2) is 6.33 Å². The molecule has 3 N–H and O–H groups in total. The highest BCUT2D eigenvalue weighted by atomic mass is 16.3. The lowest BCUT2D eigenvalue weighted by Crippen LogP contribution is -2.46. The molecule has 0 radical (unpaired) electrons. The van der Waals surface area contributed by atoms with E-state index in [9.17, 15) is 5.11 Å². The van der Waals surface area contributed by atoms with Crippen LogP contribution in [0, 0.1) is 11.3 Å². The van der Waals surface area contributed by atoms with Gasteiger partial charge in [0.05, 0.1) is 6.10 Å². The smallest absolute Gasteiger partial charge is 0.138 e. The van der Waals surface area contributed by atoms with Gasteiger partial charge >= 0.3 is 0 Å². The van der Waals surface area contributed by atoms with Crippen LogP contribution in [0.1, 0.15) is 45.4 Å². The van der Waals surface area contributed by atoms with Crippen molar-refractivity contribution in [1.29, 1.82) is 0 Å². The molecule has 0 aromatic carbocycles. The lowest BCUT2D eigenvalue weighted by Gasteiger charge is -2.40. The van der Waals surface area contributed by atoms with Gasteiger partial charge in [0, 0.05) is 24.9 Å². The number of hydrogen-bond acceptors (Lipinski definition) is 4. The van der Waals surface area contributed by atoms with E-state index in [1.807, 2.05) is 4.68 Å². The standard InChI is InChI=1S/C14H26N4O/c1-11(2)8-18-13(16-10-17-18)7-14(9-15)6-4-3-5-12(14)19/h10-12,19H,3-9,15H2,1-2H3. The first-order chi connectivity index (χ1) is 9.07. The summed E-state index contributed by atoms with van der Waals surface area (Å²) in [6.07, 6.45) is 6.12. The fourth-order valence-electron chi connectivity index (χ4n) is 3.04. The van der Waals surface area contributed by atoms with Crippen molar-refractivity contribution in [2.75, 3.05) is 6.54 Å². The van der Waals surface area contributed by atoms with Crippen LogP contribution in [-0.4, -0.2) is 32.5 Å². The number of aliphatic hydroxyl groups excluding tert-OH is 1. The summed E-state index contributed by atoms with van der Waals surface area (Å²) in [6.45, 7) is 5.72. The van der Waals surface area contributed by atoms with Crippen LogP contribution in [0.2, 0.25) is 0 Å². The van der Waals surface area contributed by atoms with E-state index in [0.717, 1.165) is 44.5 Å². The third-order valence-corrected chi connectivity index (χ3v) is 4.26. The molecule has 1 aliphatic carbocycles. The van der Waals surface area contributed by atoms with Gasteiger partial charge in [0.2, 0.25) is 0 Å². The summed E-state index contributed by atoms with van der Waals surface area (Å²) in [7, 11) is 0. The highest BCUT2D eigenvalue weighted by Crippen LogP contribution is 2.38. The summed E-state index contributed by atoms with van der Waals surface area (Å²) >= 11 is 0. The summed E-state index contributed by atoms with van der Waals surface area (Å²) in [5, 5.41) is 14.6. The van der Waals surface area contributed by atoms with Crippen molar-refractivity contribution in [2.24, 2.45) is 17.1 Å². The van der Waals surface area contributed by atoms with Crippen molar-refractivity contribution < 1.29 is 5.11 Å². The van der Waals surface area contributed by atoms with E-state index >= 15 is 0 Å². The second-order valence-corrected chi connectivity index (χ2v) is 6.26. The fourth-order valence-corrected chi connectivity index (χ4v) is 3.04. The summed E-state index contributed by atoms with van der Waals surface area (Å²) < 4.78 is 1.96. The van der Waals surface area contributed by atoms with E-state index in [1.54, 1.807) is 6.33 Å². The van der Waals surface area contributed by atoms with Crippen LogP contribution in [0.3, 0.4) is 0 Å². The van der Waals surface area contributed by atoms with Crippen LogP contribution < -0.4 is 5.73 Å². The molecule has 1 saturated carbocycles. The molecule has 0 aliphatic heterocycles. The highest BCUT2D eigenvalue weighted by molar-refractivity contribution is 5.00. The molecule has 1 fully saturated rings. The van der Waals surface area contributed by atoms with Gasteiger partial charge in [-0.25, -0.2) is 9.67 Å². The number of nitrogens with two attached hydrogens (primary N) is 1. The monoisotopic (exact) mass is 266 g/mol. The first kappa shape index (κ1) is 14.5. The predicted octanol–water partition coefficient (Wildman–Crippen LogP) is 1.36. The molecule has 19 heavy (non-hydrogen) atoms. The summed E-state index contributed by atoms with van der Waals surface area (Å²) in [4.78, 5) is 4.38. The third-order valence-electron chi connectivity index (χ3n) is 4.26. The van der Waals surface area contributed by atoms with Crippen molar-refractivity contribution in [3.8, 4) is 0 Å². The number of aromatic nitrogens is 3. The largest absolute Gasteiger partial charge is 0.392 e. The summed E-state index contributed by atoms with van der Waals surface area (Å²) in [5.41, 5.74) is 5.77. The van der Waals surface area contributed by atoms with Crippen molar-refractivity contribution in [3.05, 3.63) is 12.2 Å². The van der Waals surface area contributed by atoms with E-state index in [-0.39, 0.29) is 11.5 Å². The fraction of sp³-hybridized carbons (Fsp3) is 0.857. The molecule has 0 saturated heterocycles. The molecule has 1 aromatic rings. The van der Waals surface area contributed by atoms with Crippen LogP contribution in [0.5, 0.6) is 0 Å². The van der Waals surface area contributed by atoms with E-state index in [0.29, 0.717) is 12.5 Å². The minimum atomic E-state index is -0.310. The Balaban J connectivity index is 2.16. The van der Waals surface area contributed by atoms with Gasteiger partial charge in [0.25, 0.3) is 0 Å². The van der Waals surface area contributed by atoms with Crippen LogP contribution in [0.4, 0.5) is 0 Å². The summed E-state index contributed by atoms with van der Waals surface area (Å²) in [6, 6.07) is 0. The topological polar surface area (TPSA) is 77.0 Å². The second-order valence-electron chi connectivity index (χ2n) is 6.26. The van der Waals surface area contributed by atoms with Crippen LogP contribution in [-0.2, 0) is 13.0 Å². The molecule has 2 rings (SSSR count). The van der Waals surface area contributed by atoms with Gasteiger partial charge in [-0.2, -0.15) is 5.10 Å². The first-order valence-corrected chi connectivity index (χ1v) is 7.32. The number of hydrogen-bond donors (Lipinski definition) is 2. The molecule has 2 atom stereocenters. The average Bonchev–Trinajstić information content (AvgIpc) is 2.79. The number of nitrogens with zero attached hydrogens (tertiary/aromatic N) is 3. The quantitative estimate of drug-likeness (QED) is 0.843. The third kappa shape index (κ3) is 3.15. The van der Waals surface area contributed by atoms with Crippen molar-refractivity contribution in [3.63, 3.8) is 0 Å². The minimum Gasteiger partial charge on any atom is -0.392 e. The normalized spacial score (nSPS) is 27.9. The van der Waals surface area contributed by atoms with Gasteiger partial charge in [-0.3, -0.25) is 0 Å². The first-order valence-electron chi connectivity index (χ1n) is 7.32. The molecule has 5 heteroatoms. The molecule has 1 aromatic heterocycles.